The van der Waals surface area contributed by atoms with Crippen molar-refractivity contribution < 1.29 is 9.47 Å². The van der Waals surface area contributed by atoms with Gasteiger partial charge in [-0.25, -0.2) is 0 Å². The molecule has 3 nitrogen and oxygen atoms in total. The molecule has 1 rings (SSSR count). The van der Waals surface area contributed by atoms with Gasteiger partial charge in [-0.1, -0.05) is 26.8 Å². The van der Waals surface area contributed by atoms with Gasteiger partial charge in [0, 0.05) is 19.8 Å². The summed E-state index contributed by atoms with van der Waals surface area (Å²) in [6.45, 7) is 9.56. The number of hydrogen-bond acceptors (Lipinski definition) is 3. The molecule has 1 N–H and O–H groups in total. The van der Waals surface area contributed by atoms with Crippen LogP contribution in [-0.2, 0) is 10.2 Å². The van der Waals surface area contributed by atoms with E-state index in [0.717, 1.165) is 24.5 Å². The third-order valence-corrected chi connectivity index (χ3v) is 3.22. The summed E-state index contributed by atoms with van der Waals surface area (Å²) in [5, 5.41) is 3.50. The maximum absolute atomic E-state index is 5.42. The molecule has 1 unspecified atom stereocenters. The van der Waals surface area contributed by atoms with E-state index in [1.807, 2.05) is 6.07 Å². The Balaban J connectivity index is 2.90. The van der Waals surface area contributed by atoms with Crippen molar-refractivity contribution in [2.45, 2.75) is 45.6 Å². The van der Waals surface area contributed by atoms with Crippen molar-refractivity contribution in [3.8, 4) is 5.75 Å². The van der Waals surface area contributed by atoms with Crippen molar-refractivity contribution in [3.05, 3.63) is 23.8 Å². The minimum Gasteiger partial charge on any atom is -0.495 e. The Kier molecular flexibility index (Phi) is 5.67. The second-order valence-corrected chi connectivity index (χ2v) is 5.99. The molecule has 3 heteroatoms. The van der Waals surface area contributed by atoms with E-state index in [9.17, 15) is 0 Å². The molecule has 0 saturated heterocycles. The van der Waals surface area contributed by atoms with Crippen molar-refractivity contribution in [1.82, 2.24) is 0 Å². The molecule has 1 atom stereocenters. The predicted octanol–water partition coefficient (Wildman–Crippen LogP) is 3.83. The molecular weight excluding hydrogens is 238 g/mol. The fourth-order valence-corrected chi connectivity index (χ4v) is 1.92. The summed E-state index contributed by atoms with van der Waals surface area (Å²) >= 11 is 0. The maximum Gasteiger partial charge on any atom is 0.141 e. The lowest BCUT2D eigenvalue weighted by atomic mass is 9.86. The molecule has 0 aliphatic carbocycles. The fourth-order valence-electron chi connectivity index (χ4n) is 1.92. The molecule has 0 aromatic heterocycles. The van der Waals surface area contributed by atoms with E-state index in [1.165, 1.54) is 5.56 Å². The van der Waals surface area contributed by atoms with E-state index in [0.29, 0.717) is 6.04 Å². The molecule has 1 aromatic rings. The van der Waals surface area contributed by atoms with E-state index in [-0.39, 0.29) is 5.41 Å². The lowest BCUT2D eigenvalue weighted by Gasteiger charge is -2.23. The van der Waals surface area contributed by atoms with Crippen LogP contribution in [0.5, 0.6) is 5.75 Å². The number of rotatable bonds is 6. The molecule has 0 saturated carbocycles. The first-order valence-corrected chi connectivity index (χ1v) is 6.82. The van der Waals surface area contributed by atoms with Gasteiger partial charge in [-0.05, 0) is 36.5 Å². The summed E-state index contributed by atoms with van der Waals surface area (Å²) in [4.78, 5) is 0. The standard InChI is InChI=1S/C16H27NO2/c1-12(9-10-18-5)17-14-11-13(16(2,3)4)7-8-15(14)19-6/h7-8,11-12,17H,9-10H2,1-6H3. The first-order valence-electron chi connectivity index (χ1n) is 6.82. The van der Waals surface area contributed by atoms with Crippen LogP contribution in [0, 0.1) is 0 Å². The number of nitrogens with one attached hydrogen (secondary N) is 1. The molecule has 1 aromatic carbocycles. The van der Waals surface area contributed by atoms with Crippen molar-refractivity contribution in [2.75, 3.05) is 26.1 Å². The van der Waals surface area contributed by atoms with E-state index in [1.54, 1.807) is 14.2 Å². The van der Waals surface area contributed by atoms with Crippen LogP contribution in [0.25, 0.3) is 0 Å². The molecule has 0 aliphatic rings. The summed E-state index contributed by atoms with van der Waals surface area (Å²) in [7, 11) is 3.44. The lowest BCUT2D eigenvalue weighted by molar-refractivity contribution is 0.191. The third-order valence-electron chi connectivity index (χ3n) is 3.22. The van der Waals surface area contributed by atoms with E-state index in [2.05, 4.69) is 45.1 Å². The minimum atomic E-state index is 0.137. The molecule has 108 valence electrons. The monoisotopic (exact) mass is 265 g/mol. The topological polar surface area (TPSA) is 30.5 Å². The zero-order chi connectivity index (χ0) is 14.5. The zero-order valence-electron chi connectivity index (χ0n) is 13.0. The SMILES string of the molecule is COCCC(C)Nc1cc(C(C)(C)C)ccc1OC. The average Bonchev–Trinajstić information content (AvgIpc) is 2.35. The Morgan fingerprint density at radius 1 is 1.21 bits per heavy atom. The number of benzene rings is 1. The Morgan fingerprint density at radius 2 is 1.89 bits per heavy atom. The van der Waals surface area contributed by atoms with Crippen LogP contribution in [0.15, 0.2) is 18.2 Å². The van der Waals surface area contributed by atoms with Crippen LogP contribution in [0.4, 0.5) is 5.69 Å². The highest BCUT2D eigenvalue weighted by atomic mass is 16.5. The van der Waals surface area contributed by atoms with Gasteiger partial charge in [-0.15, -0.1) is 0 Å². The summed E-state index contributed by atoms with van der Waals surface area (Å²) in [5.41, 5.74) is 2.49. The van der Waals surface area contributed by atoms with Crippen molar-refractivity contribution in [1.29, 1.82) is 0 Å². The maximum atomic E-state index is 5.42. The summed E-state index contributed by atoms with van der Waals surface area (Å²) in [6, 6.07) is 6.70. The van der Waals surface area contributed by atoms with Gasteiger partial charge in [-0.3, -0.25) is 0 Å². The Labute approximate surface area is 117 Å². The molecule has 0 radical (unpaired) electrons. The molecule has 0 aliphatic heterocycles. The highest BCUT2D eigenvalue weighted by molar-refractivity contribution is 5.59. The van der Waals surface area contributed by atoms with Crippen molar-refractivity contribution >= 4 is 5.69 Å². The van der Waals surface area contributed by atoms with E-state index >= 15 is 0 Å². The highest BCUT2D eigenvalue weighted by Crippen LogP contribution is 2.31. The van der Waals surface area contributed by atoms with Gasteiger partial charge in [0.2, 0.25) is 0 Å². The Hall–Kier alpha value is -1.22. The lowest BCUT2D eigenvalue weighted by Crippen LogP contribution is -2.19. The second kappa shape index (κ2) is 6.80. The number of anilines is 1. The third kappa shape index (κ3) is 4.75. The number of ether oxygens (including phenoxy) is 2. The van der Waals surface area contributed by atoms with Crippen molar-refractivity contribution in [3.63, 3.8) is 0 Å². The summed E-state index contributed by atoms with van der Waals surface area (Å²) in [6.07, 6.45) is 0.972. The minimum absolute atomic E-state index is 0.137. The van der Waals surface area contributed by atoms with Gasteiger partial charge in [0.05, 0.1) is 12.8 Å². The molecule has 0 heterocycles. The smallest absolute Gasteiger partial charge is 0.141 e. The van der Waals surface area contributed by atoms with Gasteiger partial charge in [0.15, 0.2) is 0 Å². The van der Waals surface area contributed by atoms with Gasteiger partial charge in [0.1, 0.15) is 5.75 Å². The zero-order valence-corrected chi connectivity index (χ0v) is 13.0. The van der Waals surface area contributed by atoms with Crippen LogP contribution >= 0.6 is 0 Å². The van der Waals surface area contributed by atoms with Gasteiger partial charge < -0.3 is 14.8 Å². The average molecular weight is 265 g/mol. The van der Waals surface area contributed by atoms with Crippen LogP contribution in [-0.4, -0.2) is 26.9 Å². The summed E-state index contributed by atoms with van der Waals surface area (Å²) < 4.78 is 10.5. The molecule has 0 amide bonds. The molecule has 19 heavy (non-hydrogen) atoms. The number of methoxy groups -OCH3 is 2. The van der Waals surface area contributed by atoms with Crippen LogP contribution in [0.3, 0.4) is 0 Å². The van der Waals surface area contributed by atoms with Crippen LogP contribution in [0.1, 0.15) is 39.7 Å². The first kappa shape index (κ1) is 15.8. The molecule has 0 spiro atoms. The molecule has 0 bridgehead atoms. The largest absolute Gasteiger partial charge is 0.495 e. The van der Waals surface area contributed by atoms with Crippen LogP contribution < -0.4 is 10.1 Å². The normalized spacial score (nSPS) is 13.2. The number of hydrogen-bond donors (Lipinski definition) is 1. The second-order valence-electron chi connectivity index (χ2n) is 5.99. The molecular formula is C16H27NO2. The summed E-state index contributed by atoms with van der Waals surface area (Å²) in [5.74, 6) is 0.886. The van der Waals surface area contributed by atoms with Crippen LogP contribution in [0.2, 0.25) is 0 Å². The Morgan fingerprint density at radius 3 is 2.42 bits per heavy atom. The Bertz CT molecular complexity index is 396. The van der Waals surface area contributed by atoms with Crippen molar-refractivity contribution in [2.24, 2.45) is 0 Å². The molecule has 0 fully saturated rings. The van der Waals surface area contributed by atoms with Gasteiger partial charge in [-0.2, -0.15) is 0 Å². The van der Waals surface area contributed by atoms with Gasteiger partial charge in [0.25, 0.3) is 0 Å². The van der Waals surface area contributed by atoms with E-state index < -0.39 is 0 Å². The van der Waals surface area contributed by atoms with E-state index in [4.69, 9.17) is 9.47 Å². The first-order chi connectivity index (χ1) is 8.88. The highest BCUT2D eigenvalue weighted by Gasteiger charge is 2.16. The predicted molar refractivity (Wildman–Crippen MR) is 81.3 cm³/mol. The quantitative estimate of drug-likeness (QED) is 0.848. The fraction of sp³-hybridized carbons (Fsp3) is 0.625. The van der Waals surface area contributed by atoms with Gasteiger partial charge >= 0.3 is 0 Å².